The Hall–Kier alpha value is -2.82. The molecule has 0 atom stereocenters. The minimum atomic E-state index is -0.442. The van der Waals surface area contributed by atoms with Crippen molar-refractivity contribution >= 4 is 17.4 Å². The van der Waals surface area contributed by atoms with Gasteiger partial charge < -0.3 is 5.11 Å². The second-order valence-electron chi connectivity index (χ2n) is 10.1. The molecule has 2 aromatic heterocycles. The van der Waals surface area contributed by atoms with E-state index in [2.05, 4.69) is 45.1 Å². The maximum absolute atomic E-state index is 13.1. The Labute approximate surface area is 179 Å². The number of phenols is 1. The summed E-state index contributed by atoms with van der Waals surface area (Å²) in [6.45, 7) is 16.5. The van der Waals surface area contributed by atoms with E-state index in [1.165, 1.54) is 0 Å². The fourth-order valence-corrected chi connectivity index (χ4v) is 4.80. The SMILES string of the molecule is CC(=O)N(c1c(-c2cccc(O)c2)nc2cc(C)cc(C)n12)C(C)(C)CC(C)(C)C. The molecule has 0 radical (unpaired) electrons. The van der Waals surface area contributed by atoms with Crippen molar-refractivity contribution in [3.63, 3.8) is 0 Å². The fourth-order valence-electron chi connectivity index (χ4n) is 4.80. The Morgan fingerprint density at radius 1 is 1.10 bits per heavy atom. The highest BCUT2D eigenvalue weighted by atomic mass is 16.3. The van der Waals surface area contributed by atoms with Gasteiger partial charge in [-0.1, -0.05) is 32.9 Å². The maximum Gasteiger partial charge on any atom is 0.225 e. The Morgan fingerprint density at radius 3 is 2.33 bits per heavy atom. The van der Waals surface area contributed by atoms with Gasteiger partial charge in [-0.3, -0.25) is 14.1 Å². The van der Waals surface area contributed by atoms with Gasteiger partial charge in [-0.2, -0.15) is 0 Å². The minimum Gasteiger partial charge on any atom is -0.508 e. The molecule has 0 bridgehead atoms. The lowest BCUT2D eigenvalue weighted by Crippen LogP contribution is -2.50. The fraction of sp³-hybridized carbons (Fsp3) is 0.440. The normalized spacial score (nSPS) is 12.4. The van der Waals surface area contributed by atoms with Gasteiger partial charge in [-0.15, -0.1) is 0 Å². The summed E-state index contributed by atoms with van der Waals surface area (Å²) in [7, 11) is 0. The zero-order valence-corrected chi connectivity index (χ0v) is 19.4. The van der Waals surface area contributed by atoms with Crippen molar-refractivity contribution < 1.29 is 9.90 Å². The molecule has 1 aromatic carbocycles. The second-order valence-corrected chi connectivity index (χ2v) is 10.1. The standard InChI is InChI=1S/C25H33N3O2/c1-16-12-17(2)27-21(13-16)26-22(19-10-9-11-20(30)14-19)23(27)28(18(3)29)25(7,8)15-24(4,5)6/h9-14,30H,15H2,1-8H3. The summed E-state index contributed by atoms with van der Waals surface area (Å²) in [6.07, 6.45) is 0.817. The van der Waals surface area contributed by atoms with Crippen LogP contribution in [0.5, 0.6) is 5.75 Å². The Bertz CT molecular complexity index is 1100. The number of hydrogen-bond acceptors (Lipinski definition) is 3. The maximum atomic E-state index is 13.1. The van der Waals surface area contributed by atoms with Crippen molar-refractivity contribution in [3.8, 4) is 17.0 Å². The van der Waals surface area contributed by atoms with Crippen LogP contribution in [0.2, 0.25) is 0 Å². The van der Waals surface area contributed by atoms with Crippen molar-refractivity contribution in [2.45, 2.75) is 67.3 Å². The molecular weight excluding hydrogens is 374 g/mol. The second kappa shape index (κ2) is 7.46. The molecule has 0 aliphatic rings. The predicted molar refractivity (Wildman–Crippen MR) is 123 cm³/mol. The highest BCUT2D eigenvalue weighted by Gasteiger charge is 2.38. The van der Waals surface area contributed by atoms with E-state index in [0.717, 1.165) is 34.7 Å². The number of imidazole rings is 1. The average Bonchev–Trinajstić information content (AvgIpc) is 2.91. The summed E-state index contributed by atoms with van der Waals surface area (Å²) in [5, 5.41) is 10.1. The lowest BCUT2D eigenvalue weighted by Gasteiger charge is -2.42. The van der Waals surface area contributed by atoms with Gasteiger partial charge in [-0.05, 0) is 69.4 Å². The number of rotatable bonds is 4. The van der Waals surface area contributed by atoms with Crippen molar-refractivity contribution in [1.82, 2.24) is 9.38 Å². The van der Waals surface area contributed by atoms with E-state index in [4.69, 9.17) is 4.98 Å². The molecule has 0 aliphatic carbocycles. The number of fused-ring (bicyclic) bond motifs is 1. The molecule has 0 spiro atoms. The van der Waals surface area contributed by atoms with E-state index in [-0.39, 0.29) is 17.1 Å². The summed E-state index contributed by atoms with van der Waals surface area (Å²) < 4.78 is 2.05. The van der Waals surface area contributed by atoms with E-state index < -0.39 is 5.54 Å². The number of benzene rings is 1. The van der Waals surface area contributed by atoms with Crippen LogP contribution in [0.15, 0.2) is 36.4 Å². The highest BCUT2D eigenvalue weighted by molar-refractivity contribution is 5.97. The molecule has 1 N–H and O–H groups in total. The van der Waals surface area contributed by atoms with Crippen LogP contribution >= 0.6 is 0 Å². The Kier molecular flexibility index (Phi) is 5.44. The number of aromatic hydroxyl groups is 1. The van der Waals surface area contributed by atoms with Crippen LogP contribution < -0.4 is 4.90 Å². The van der Waals surface area contributed by atoms with Crippen molar-refractivity contribution in [2.24, 2.45) is 5.41 Å². The number of aryl methyl sites for hydroxylation is 2. The van der Waals surface area contributed by atoms with Gasteiger partial charge in [0.05, 0.1) is 0 Å². The van der Waals surface area contributed by atoms with Crippen LogP contribution in [0.4, 0.5) is 5.82 Å². The van der Waals surface area contributed by atoms with Crippen molar-refractivity contribution in [1.29, 1.82) is 0 Å². The van der Waals surface area contributed by atoms with E-state index in [9.17, 15) is 9.90 Å². The van der Waals surface area contributed by atoms with Crippen LogP contribution in [0, 0.1) is 19.3 Å². The van der Waals surface area contributed by atoms with Gasteiger partial charge >= 0.3 is 0 Å². The van der Waals surface area contributed by atoms with Gasteiger partial charge in [0, 0.05) is 23.7 Å². The van der Waals surface area contributed by atoms with E-state index in [1.54, 1.807) is 25.1 Å². The third-order valence-corrected chi connectivity index (χ3v) is 5.24. The number of carbonyl (C=O) groups excluding carboxylic acids is 1. The summed E-state index contributed by atoms with van der Waals surface area (Å²) in [5.74, 6) is 0.883. The van der Waals surface area contributed by atoms with Gasteiger partial charge in [0.2, 0.25) is 5.91 Å². The number of hydrogen-bond donors (Lipinski definition) is 1. The van der Waals surface area contributed by atoms with Crippen LogP contribution in [-0.2, 0) is 4.79 Å². The molecule has 160 valence electrons. The predicted octanol–water partition coefficient (Wildman–Crippen LogP) is 5.89. The summed E-state index contributed by atoms with van der Waals surface area (Å²) in [6, 6.07) is 11.2. The molecule has 0 aliphatic heterocycles. The third kappa shape index (κ3) is 4.20. The monoisotopic (exact) mass is 407 g/mol. The van der Waals surface area contributed by atoms with E-state index in [0.29, 0.717) is 5.69 Å². The minimum absolute atomic E-state index is 0.0348. The topological polar surface area (TPSA) is 57.8 Å². The summed E-state index contributed by atoms with van der Waals surface area (Å²) in [4.78, 5) is 19.9. The lowest BCUT2D eigenvalue weighted by atomic mass is 9.80. The molecule has 5 heteroatoms. The smallest absolute Gasteiger partial charge is 0.225 e. The van der Waals surface area contributed by atoms with Crippen molar-refractivity contribution in [3.05, 3.63) is 47.7 Å². The molecule has 1 amide bonds. The molecular formula is C25H33N3O2. The van der Waals surface area contributed by atoms with Gasteiger partial charge in [-0.25, -0.2) is 4.98 Å². The number of aromatic nitrogens is 2. The van der Waals surface area contributed by atoms with Gasteiger partial charge in [0.1, 0.15) is 22.9 Å². The number of amides is 1. The van der Waals surface area contributed by atoms with Crippen molar-refractivity contribution in [2.75, 3.05) is 4.90 Å². The molecule has 3 rings (SSSR count). The number of carbonyl (C=O) groups is 1. The molecule has 2 heterocycles. The van der Waals surface area contributed by atoms with Gasteiger partial charge in [0.25, 0.3) is 0 Å². The molecule has 30 heavy (non-hydrogen) atoms. The number of phenolic OH excluding ortho intramolecular Hbond substituents is 1. The van der Waals surface area contributed by atoms with Crippen LogP contribution in [-0.4, -0.2) is 25.9 Å². The largest absolute Gasteiger partial charge is 0.508 e. The Balaban J connectivity index is 2.39. The summed E-state index contributed by atoms with van der Waals surface area (Å²) >= 11 is 0. The zero-order chi connectivity index (χ0) is 22.4. The molecule has 5 nitrogen and oxygen atoms in total. The first-order chi connectivity index (χ1) is 13.8. The van der Waals surface area contributed by atoms with Crippen LogP contribution in [0.25, 0.3) is 16.9 Å². The quantitative estimate of drug-likeness (QED) is 0.586. The first-order valence-electron chi connectivity index (χ1n) is 10.4. The van der Waals surface area contributed by atoms with Crippen LogP contribution in [0.3, 0.4) is 0 Å². The Morgan fingerprint density at radius 2 is 1.77 bits per heavy atom. The van der Waals surface area contributed by atoms with Gasteiger partial charge in [0.15, 0.2) is 0 Å². The number of anilines is 1. The highest BCUT2D eigenvalue weighted by Crippen LogP contribution is 2.40. The molecule has 0 unspecified atom stereocenters. The molecule has 0 fully saturated rings. The average molecular weight is 408 g/mol. The number of nitrogens with zero attached hydrogens (tertiary/aromatic N) is 3. The molecule has 0 saturated carbocycles. The van der Waals surface area contributed by atoms with E-state index in [1.807, 2.05) is 30.9 Å². The van der Waals surface area contributed by atoms with Crippen LogP contribution in [0.1, 0.15) is 59.2 Å². The number of pyridine rings is 1. The lowest BCUT2D eigenvalue weighted by molar-refractivity contribution is -0.117. The zero-order valence-electron chi connectivity index (χ0n) is 19.4. The summed E-state index contributed by atoms with van der Waals surface area (Å²) in [5.41, 5.74) is 3.98. The molecule has 0 saturated heterocycles. The first-order valence-corrected chi connectivity index (χ1v) is 10.4. The molecule has 3 aromatic rings. The first kappa shape index (κ1) is 21.9. The third-order valence-electron chi connectivity index (χ3n) is 5.24. The van der Waals surface area contributed by atoms with E-state index >= 15 is 0 Å².